The minimum absolute atomic E-state index is 0.00332. The summed E-state index contributed by atoms with van der Waals surface area (Å²) in [6.45, 7) is 6.05. The van der Waals surface area contributed by atoms with Crippen molar-refractivity contribution in [1.82, 2.24) is 9.96 Å². The van der Waals surface area contributed by atoms with Crippen molar-refractivity contribution in [3.05, 3.63) is 0 Å². The molecule has 0 N–H and O–H groups in total. The lowest BCUT2D eigenvalue weighted by molar-refractivity contribution is -0.218. The first kappa shape index (κ1) is 15.0. The summed E-state index contributed by atoms with van der Waals surface area (Å²) in [5.41, 5.74) is -0.552. The quantitative estimate of drug-likeness (QED) is 0.750. The van der Waals surface area contributed by atoms with E-state index >= 15 is 0 Å². The van der Waals surface area contributed by atoms with Crippen molar-refractivity contribution in [2.45, 2.75) is 46.1 Å². The average molecular weight is 256 g/mol. The summed E-state index contributed by atoms with van der Waals surface area (Å²) in [7, 11) is 3.45. The fourth-order valence-electron chi connectivity index (χ4n) is 1.80. The van der Waals surface area contributed by atoms with E-state index in [0.29, 0.717) is 6.54 Å². The molecule has 0 aromatic rings. The highest BCUT2D eigenvalue weighted by atomic mass is 16.7. The lowest BCUT2D eigenvalue weighted by Gasteiger charge is -2.35. The normalized spacial score (nSPS) is 21.5. The van der Waals surface area contributed by atoms with Crippen LogP contribution < -0.4 is 0 Å². The van der Waals surface area contributed by atoms with Gasteiger partial charge in [0.2, 0.25) is 5.91 Å². The molecule has 0 spiro atoms. The molecule has 1 aliphatic heterocycles. The van der Waals surface area contributed by atoms with Gasteiger partial charge in [0, 0.05) is 20.6 Å². The van der Waals surface area contributed by atoms with Crippen LogP contribution in [0.2, 0.25) is 0 Å². The highest BCUT2D eigenvalue weighted by Gasteiger charge is 2.35. The van der Waals surface area contributed by atoms with E-state index in [0.717, 1.165) is 19.3 Å². The van der Waals surface area contributed by atoms with E-state index in [4.69, 9.17) is 4.84 Å². The van der Waals surface area contributed by atoms with Crippen LogP contribution in [-0.4, -0.2) is 48.5 Å². The van der Waals surface area contributed by atoms with Crippen LogP contribution in [0.3, 0.4) is 0 Å². The number of piperidine rings is 1. The number of amides is 1. The topological polar surface area (TPSA) is 49.9 Å². The Hall–Kier alpha value is -1.10. The first-order chi connectivity index (χ1) is 8.23. The third kappa shape index (κ3) is 3.70. The zero-order valence-electron chi connectivity index (χ0n) is 12.0. The van der Waals surface area contributed by atoms with Gasteiger partial charge in [-0.1, -0.05) is 0 Å². The molecule has 1 heterocycles. The molecular weight excluding hydrogens is 232 g/mol. The Morgan fingerprint density at radius 3 is 2.33 bits per heavy atom. The molecule has 0 unspecified atom stereocenters. The summed E-state index contributed by atoms with van der Waals surface area (Å²) in [4.78, 5) is 30.9. The monoisotopic (exact) mass is 256 g/mol. The molecule has 1 rings (SSSR count). The van der Waals surface area contributed by atoms with Crippen LogP contribution in [0.4, 0.5) is 0 Å². The summed E-state index contributed by atoms with van der Waals surface area (Å²) >= 11 is 0. The van der Waals surface area contributed by atoms with E-state index < -0.39 is 5.41 Å². The maximum Gasteiger partial charge on any atom is 0.330 e. The third-order valence-electron chi connectivity index (χ3n) is 2.99. The van der Waals surface area contributed by atoms with Gasteiger partial charge in [0.25, 0.3) is 0 Å². The minimum Gasteiger partial charge on any atom is -0.367 e. The second-order valence-corrected chi connectivity index (χ2v) is 6.01. The fraction of sp³-hybridized carbons (Fsp3) is 0.846. The largest absolute Gasteiger partial charge is 0.367 e. The Labute approximate surface area is 109 Å². The average Bonchev–Trinajstić information content (AvgIpc) is 2.27. The summed E-state index contributed by atoms with van der Waals surface area (Å²) < 4.78 is 0. The maximum absolute atomic E-state index is 12.0. The lowest BCUT2D eigenvalue weighted by Crippen LogP contribution is -2.50. The second kappa shape index (κ2) is 5.69. The van der Waals surface area contributed by atoms with Gasteiger partial charge < -0.3 is 9.74 Å². The van der Waals surface area contributed by atoms with Gasteiger partial charge in [-0.25, -0.2) is 4.79 Å². The van der Waals surface area contributed by atoms with E-state index in [9.17, 15) is 9.59 Å². The molecule has 5 nitrogen and oxygen atoms in total. The van der Waals surface area contributed by atoms with Crippen molar-refractivity contribution in [2.75, 3.05) is 20.6 Å². The number of hydroxylamine groups is 2. The van der Waals surface area contributed by atoms with Crippen molar-refractivity contribution in [3.63, 3.8) is 0 Å². The fourth-order valence-corrected chi connectivity index (χ4v) is 1.80. The van der Waals surface area contributed by atoms with Crippen molar-refractivity contribution in [1.29, 1.82) is 0 Å². The summed E-state index contributed by atoms with van der Waals surface area (Å²) in [5.74, 6) is -0.294. The predicted molar refractivity (Wildman–Crippen MR) is 68.6 cm³/mol. The smallest absolute Gasteiger partial charge is 0.330 e. The minimum atomic E-state index is -0.552. The van der Waals surface area contributed by atoms with Crippen LogP contribution in [0.15, 0.2) is 0 Å². The zero-order chi connectivity index (χ0) is 13.9. The maximum atomic E-state index is 12.0. The molecule has 18 heavy (non-hydrogen) atoms. The molecule has 0 aromatic heterocycles. The Bertz CT molecular complexity index is 321. The van der Waals surface area contributed by atoms with E-state index in [1.54, 1.807) is 24.1 Å². The van der Waals surface area contributed by atoms with E-state index in [-0.39, 0.29) is 17.9 Å². The number of carbonyl (C=O) groups excluding carboxylic acids is 2. The number of hydrogen-bond donors (Lipinski definition) is 0. The Morgan fingerprint density at radius 1 is 1.22 bits per heavy atom. The highest BCUT2D eigenvalue weighted by molar-refractivity contribution is 5.82. The van der Waals surface area contributed by atoms with Gasteiger partial charge in [-0.2, -0.15) is 0 Å². The van der Waals surface area contributed by atoms with Crippen molar-refractivity contribution in [3.8, 4) is 0 Å². The molecule has 0 aliphatic carbocycles. The first-order valence-corrected chi connectivity index (χ1v) is 6.43. The molecule has 1 atom stereocenters. The molecule has 1 fully saturated rings. The van der Waals surface area contributed by atoms with Crippen molar-refractivity contribution in [2.24, 2.45) is 5.41 Å². The molecular formula is C13H24N2O3. The van der Waals surface area contributed by atoms with Gasteiger partial charge in [0.05, 0.1) is 5.41 Å². The summed E-state index contributed by atoms with van der Waals surface area (Å²) in [6.07, 6.45) is 2.69. The van der Waals surface area contributed by atoms with Gasteiger partial charge >= 0.3 is 5.97 Å². The van der Waals surface area contributed by atoms with E-state index in [1.807, 2.05) is 20.8 Å². The lowest BCUT2D eigenvalue weighted by atomic mass is 9.97. The van der Waals surface area contributed by atoms with Crippen molar-refractivity contribution >= 4 is 11.9 Å². The molecule has 0 aromatic carbocycles. The standard InChI is InChI=1S/C13H24N2O3/c1-13(2,3)12(17)18-15-9-7-6-8-10(15)11(16)14(4)5/h10H,6-9H2,1-5H3/t10-/m1/s1. The number of rotatable bonds is 2. The second-order valence-electron chi connectivity index (χ2n) is 6.01. The van der Waals surface area contributed by atoms with Gasteiger partial charge in [0.15, 0.2) is 0 Å². The van der Waals surface area contributed by atoms with E-state index in [2.05, 4.69) is 0 Å². The van der Waals surface area contributed by atoms with Crippen LogP contribution in [0.5, 0.6) is 0 Å². The van der Waals surface area contributed by atoms with Crippen LogP contribution in [0.1, 0.15) is 40.0 Å². The summed E-state index contributed by atoms with van der Waals surface area (Å²) in [6, 6.07) is -0.333. The van der Waals surface area contributed by atoms with Gasteiger partial charge in [-0.3, -0.25) is 4.79 Å². The number of nitrogens with zero attached hydrogens (tertiary/aromatic N) is 2. The number of likely N-dealkylation sites (N-methyl/N-ethyl adjacent to an activating group) is 1. The van der Waals surface area contributed by atoms with Crippen LogP contribution in [0, 0.1) is 5.41 Å². The molecule has 1 amide bonds. The number of carbonyl (C=O) groups is 2. The van der Waals surface area contributed by atoms with Gasteiger partial charge in [-0.05, 0) is 40.0 Å². The van der Waals surface area contributed by atoms with E-state index in [1.165, 1.54) is 0 Å². The Kier molecular flexibility index (Phi) is 4.73. The molecule has 1 aliphatic rings. The van der Waals surface area contributed by atoms with Gasteiger partial charge in [0.1, 0.15) is 6.04 Å². The molecule has 0 saturated carbocycles. The van der Waals surface area contributed by atoms with Crippen LogP contribution >= 0.6 is 0 Å². The summed E-state index contributed by atoms with van der Waals surface area (Å²) in [5, 5.41) is 1.55. The van der Waals surface area contributed by atoms with Crippen molar-refractivity contribution < 1.29 is 14.4 Å². The Balaban J connectivity index is 2.72. The predicted octanol–water partition coefficient (Wildman–Crippen LogP) is 1.43. The Morgan fingerprint density at radius 2 is 1.83 bits per heavy atom. The SMILES string of the molecule is CN(C)C(=O)[C@H]1CCCCN1OC(=O)C(C)(C)C. The zero-order valence-corrected chi connectivity index (χ0v) is 12.0. The van der Waals surface area contributed by atoms with Crippen LogP contribution in [0.25, 0.3) is 0 Å². The highest BCUT2D eigenvalue weighted by Crippen LogP contribution is 2.22. The third-order valence-corrected chi connectivity index (χ3v) is 2.99. The number of hydrogen-bond acceptors (Lipinski definition) is 4. The molecule has 1 saturated heterocycles. The van der Waals surface area contributed by atoms with Crippen LogP contribution in [-0.2, 0) is 14.4 Å². The molecule has 0 radical (unpaired) electrons. The first-order valence-electron chi connectivity index (χ1n) is 6.43. The molecule has 104 valence electrons. The molecule has 0 bridgehead atoms. The van der Waals surface area contributed by atoms with Gasteiger partial charge in [-0.15, -0.1) is 5.06 Å². The molecule has 5 heteroatoms.